The fourth-order valence-electron chi connectivity index (χ4n) is 2.03. The molecule has 0 heterocycles. The molecule has 0 atom stereocenters. The third-order valence-electron chi connectivity index (χ3n) is 3.10. The minimum atomic E-state index is 0.898. The molecule has 0 amide bonds. The lowest BCUT2D eigenvalue weighted by molar-refractivity contribution is -0.105. The third kappa shape index (κ3) is 2.35. The van der Waals surface area contributed by atoms with Crippen LogP contribution < -0.4 is 0 Å². The monoisotopic (exact) mass is 200 g/mol. The first kappa shape index (κ1) is 10.2. The third-order valence-corrected chi connectivity index (χ3v) is 3.10. The van der Waals surface area contributed by atoms with Crippen LogP contribution in [-0.2, 0) is 4.79 Å². The highest BCUT2D eigenvalue weighted by molar-refractivity contribution is 5.74. The molecule has 0 saturated carbocycles. The van der Waals surface area contributed by atoms with Gasteiger partial charge < -0.3 is 0 Å². The van der Waals surface area contributed by atoms with Crippen LogP contribution in [-0.4, -0.2) is 6.29 Å². The second-order valence-electron chi connectivity index (χ2n) is 4.26. The molecule has 0 spiro atoms. The largest absolute Gasteiger partial charge is 0.298 e. The summed E-state index contributed by atoms with van der Waals surface area (Å²) in [4.78, 5) is 10.6. The molecule has 0 N–H and O–H groups in total. The maximum Gasteiger partial charge on any atom is 0.146 e. The number of carbonyl (C=O) groups excluding carboxylic acids is 1. The van der Waals surface area contributed by atoms with Gasteiger partial charge in [0.2, 0.25) is 0 Å². The quantitative estimate of drug-likeness (QED) is 0.623. The van der Waals surface area contributed by atoms with Gasteiger partial charge in [-0.25, -0.2) is 0 Å². The molecular weight excluding hydrogens is 184 g/mol. The number of carbonyl (C=O) groups is 1. The summed E-state index contributed by atoms with van der Waals surface area (Å²) in [6.07, 6.45) is 13.7. The number of aldehydes is 1. The highest BCUT2D eigenvalue weighted by Gasteiger charge is 2.11. The number of hydrogen-bond donors (Lipinski definition) is 0. The Morgan fingerprint density at radius 2 is 1.60 bits per heavy atom. The normalized spacial score (nSPS) is 21.1. The Labute approximate surface area is 90.9 Å². The van der Waals surface area contributed by atoms with E-state index in [2.05, 4.69) is 25.2 Å². The molecule has 0 aromatic carbocycles. The van der Waals surface area contributed by atoms with Crippen molar-refractivity contribution in [1.29, 1.82) is 0 Å². The average Bonchev–Trinajstić information content (AvgIpc) is 2.30. The minimum Gasteiger partial charge on any atom is -0.298 e. The first-order valence-corrected chi connectivity index (χ1v) is 5.51. The van der Waals surface area contributed by atoms with Crippen molar-refractivity contribution in [1.82, 2.24) is 0 Å². The van der Waals surface area contributed by atoms with Crippen LogP contribution in [0.4, 0.5) is 0 Å². The summed E-state index contributed by atoms with van der Waals surface area (Å²) in [5.74, 6) is 0. The lowest BCUT2D eigenvalue weighted by Crippen LogP contribution is -2.00. The summed E-state index contributed by atoms with van der Waals surface area (Å²) in [6, 6.07) is 0. The molecule has 2 aliphatic rings. The van der Waals surface area contributed by atoms with Crippen LogP contribution in [0.15, 0.2) is 46.6 Å². The maximum absolute atomic E-state index is 10.6. The first-order chi connectivity index (χ1) is 7.29. The van der Waals surface area contributed by atoms with E-state index in [9.17, 15) is 4.79 Å². The predicted octanol–water partition coefficient (Wildman–Crippen LogP) is 3.50. The molecule has 0 aromatic heterocycles. The lowest BCUT2D eigenvalue weighted by atomic mass is 9.88. The molecule has 0 aliphatic heterocycles. The van der Waals surface area contributed by atoms with Gasteiger partial charge >= 0.3 is 0 Å². The van der Waals surface area contributed by atoms with E-state index < -0.39 is 0 Å². The van der Waals surface area contributed by atoms with Gasteiger partial charge in [-0.1, -0.05) is 29.9 Å². The maximum atomic E-state index is 10.6. The van der Waals surface area contributed by atoms with E-state index in [1.165, 1.54) is 23.1 Å². The highest BCUT2D eigenvalue weighted by Crippen LogP contribution is 2.29. The summed E-state index contributed by atoms with van der Waals surface area (Å²) in [6.45, 7) is 2.17. The molecule has 1 nitrogen and oxygen atoms in total. The van der Waals surface area contributed by atoms with Crippen molar-refractivity contribution < 1.29 is 4.79 Å². The van der Waals surface area contributed by atoms with Crippen molar-refractivity contribution in [2.45, 2.75) is 32.6 Å². The summed E-state index contributed by atoms with van der Waals surface area (Å²) in [5, 5.41) is 0. The van der Waals surface area contributed by atoms with Gasteiger partial charge in [0.05, 0.1) is 0 Å². The lowest BCUT2D eigenvalue weighted by Gasteiger charge is -2.17. The van der Waals surface area contributed by atoms with Crippen LogP contribution >= 0.6 is 0 Å². The minimum absolute atomic E-state index is 0.898. The SMILES string of the molecule is CC1=CC=C(C2=CC=C(C=O)CC2)CC1. The molecule has 0 fully saturated rings. The van der Waals surface area contributed by atoms with Crippen molar-refractivity contribution in [2.24, 2.45) is 0 Å². The molecular formula is C14H16O. The van der Waals surface area contributed by atoms with E-state index >= 15 is 0 Å². The average molecular weight is 200 g/mol. The van der Waals surface area contributed by atoms with Crippen molar-refractivity contribution in [3.05, 3.63) is 46.6 Å². The van der Waals surface area contributed by atoms with Gasteiger partial charge in [-0.15, -0.1) is 0 Å². The summed E-state index contributed by atoms with van der Waals surface area (Å²) < 4.78 is 0. The van der Waals surface area contributed by atoms with E-state index in [1.807, 2.05) is 6.08 Å². The smallest absolute Gasteiger partial charge is 0.146 e. The van der Waals surface area contributed by atoms with E-state index in [0.717, 1.165) is 31.1 Å². The Bertz CT molecular complexity index is 392. The molecule has 1 heteroatoms. The Hall–Kier alpha value is -1.37. The predicted molar refractivity (Wildman–Crippen MR) is 62.5 cm³/mol. The summed E-state index contributed by atoms with van der Waals surface area (Å²) in [7, 11) is 0. The van der Waals surface area contributed by atoms with Crippen LogP contribution in [0.2, 0.25) is 0 Å². The molecule has 2 aliphatic carbocycles. The van der Waals surface area contributed by atoms with Gasteiger partial charge in [0, 0.05) is 0 Å². The van der Waals surface area contributed by atoms with Gasteiger partial charge in [-0.3, -0.25) is 4.79 Å². The van der Waals surface area contributed by atoms with Crippen molar-refractivity contribution in [3.63, 3.8) is 0 Å². The van der Waals surface area contributed by atoms with Crippen LogP contribution in [0.1, 0.15) is 32.6 Å². The standard InChI is InChI=1S/C14H16O/c1-11-2-6-13(7-3-11)14-8-4-12(10-15)5-9-14/h2,4,6,8,10H,3,5,7,9H2,1H3. The second-order valence-corrected chi connectivity index (χ2v) is 4.26. The highest BCUT2D eigenvalue weighted by atomic mass is 16.1. The zero-order chi connectivity index (χ0) is 10.7. The molecule has 2 rings (SSSR count). The fraction of sp³-hybridized carbons (Fsp3) is 0.357. The van der Waals surface area contributed by atoms with Gasteiger partial charge in [-0.2, -0.15) is 0 Å². The van der Waals surface area contributed by atoms with E-state index in [4.69, 9.17) is 0 Å². The van der Waals surface area contributed by atoms with Crippen LogP contribution in [0, 0.1) is 0 Å². The van der Waals surface area contributed by atoms with Crippen molar-refractivity contribution >= 4 is 6.29 Å². The number of allylic oxidation sites excluding steroid dienone is 8. The molecule has 0 saturated heterocycles. The van der Waals surface area contributed by atoms with Crippen LogP contribution in [0.25, 0.3) is 0 Å². The van der Waals surface area contributed by atoms with Gasteiger partial charge in [0.15, 0.2) is 0 Å². The molecule has 0 bridgehead atoms. The molecule has 0 aromatic rings. The topological polar surface area (TPSA) is 17.1 Å². The summed E-state index contributed by atoms with van der Waals surface area (Å²) in [5.41, 5.74) is 5.23. The van der Waals surface area contributed by atoms with E-state index in [0.29, 0.717) is 0 Å². The van der Waals surface area contributed by atoms with Gasteiger partial charge in [-0.05, 0) is 49.3 Å². The molecule has 0 unspecified atom stereocenters. The Morgan fingerprint density at radius 3 is 2.07 bits per heavy atom. The fourth-order valence-corrected chi connectivity index (χ4v) is 2.03. The Balaban J connectivity index is 2.16. The summed E-state index contributed by atoms with van der Waals surface area (Å²) >= 11 is 0. The Kier molecular flexibility index (Phi) is 3.00. The van der Waals surface area contributed by atoms with E-state index in [-0.39, 0.29) is 0 Å². The van der Waals surface area contributed by atoms with Crippen molar-refractivity contribution in [2.75, 3.05) is 0 Å². The molecule has 15 heavy (non-hydrogen) atoms. The molecule has 0 radical (unpaired) electrons. The Morgan fingerprint density at radius 1 is 0.933 bits per heavy atom. The van der Waals surface area contributed by atoms with Gasteiger partial charge in [0.1, 0.15) is 6.29 Å². The van der Waals surface area contributed by atoms with Gasteiger partial charge in [0.25, 0.3) is 0 Å². The van der Waals surface area contributed by atoms with Crippen LogP contribution in [0.3, 0.4) is 0 Å². The zero-order valence-electron chi connectivity index (χ0n) is 9.12. The molecule has 78 valence electrons. The number of hydrogen-bond acceptors (Lipinski definition) is 1. The van der Waals surface area contributed by atoms with Crippen molar-refractivity contribution in [3.8, 4) is 0 Å². The van der Waals surface area contributed by atoms with E-state index in [1.54, 1.807) is 0 Å². The first-order valence-electron chi connectivity index (χ1n) is 5.51. The number of rotatable bonds is 2. The second kappa shape index (κ2) is 4.43. The zero-order valence-corrected chi connectivity index (χ0v) is 9.12. The van der Waals surface area contributed by atoms with Crippen LogP contribution in [0.5, 0.6) is 0 Å².